The van der Waals surface area contributed by atoms with E-state index in [9.17, 15) is 4.79 Å². The van der Waals surface area contributed by atoms with Gasteiger partial charge in [0.15, 0.2) is 0 Å². The van der Waals surface area contributed by atoms with Crippen LogP contribution in [0.4, 0.5) is 0 Å². The third kappa shape index (κ3) is 7.67. The van der Waals surface area contributed by atoms with Crippen molar-refractivity contribution in [2.45, 2.75) is 40.7 Å². The van der Waals surface area contributed by atoms with Crippen molar-refractivity contribution in [1.82, 2.24) is 10.2 Å². The van der Waals surface area contributed by atoms with E-state index in [4.69, 9.17) is 4.74 Å². The zero-order chi connectivity index (χ0) is 14.1. The molecule has 0 aliphatic rings. The normalized spacial score (nSPS) is 13.4. The predicted molar refractivity (Wildman–Crippen MR) is 75.6 cm³/mol. The molecule has 1 atom stereocenters. The van der Waals surface area contributed by atoms with Gasteiger partial charge in [-0.05, 0) is 25.8 Å². The summed E-state index contributed by atoms with van der Waals surface area (Å²) in [5.74, 6) is 1.05. The first-order chi connectivity index (χ1) is 8.40. The van der Waals surface area contributed by atoms with Gasteiger partial charge in [-0.1, -0.05) is 27.7 Å². The lowest BCUT2D eigenvalue weighted by Crippen LogP contribution is -2.47. The van der Waals surface area contributed by atoms with Crippen LogP contribution >= 0.6 is 0 Å². The third-order valence-corrected chi connectivity index (χ3v) is 2.61. The molecule has 0 aromatic rings. The molecule has 0 fully saturated rings. The molecule has 0 radical (unpaired) electrons. The maximum absolute atomic E-state index is 11.8. The molecule has 0 saturated heterocycles. The van der Waals surface area contributed by atoms with Crippen LogP contribution in [0, 0.1) is 11.8 Å². The minimum Gasteiger partial charge on any atom is -0.465 e. The largest absolute Gasteiger partial charge is 0.465 e. The summed E-state index contributed by atoms with van der Waals surface area (Å²) in [7, 11) is 1.81. The molecule has 0 saturated carbocycles. The van der Waals surface area contributed by atoms with Crippen LogP contribution in [0.5, 0.6) is 0 Å². The summed E-state index contributed by atoms with van der Waals surface area (Å²) in [6.07, 6.45) is 0. The highest BCUT2D eigenvalue weighted by Gasteiger charge is 2.21. The third-order valence-electron chi connectivity index (χ3n) is 2.61. The zero-order valence-electron chi connectivity index (χ0n) is 12.8. The first-order valence-corrected chi connectivity index (χ1v) is 6.96. The second-order valence-corrected chi connectivity index (χ2v) is 5.60. The van der Waals surface area contributed by atoms with Gasteiger partial charge in [0.05, 0.1) is 6.61 Å². The maximum Gasteiger partial charge on any atom is 0.324 e. The van der Waals surface area contributed by atoms with Crippen LogP contribution in [0.15, 0.2) is 0 Å². The molecule has 18 heavy (non-hydrogen) atoms. The number of rotatable bonds is 9. The number of esters is 1. The lowest BCUT2D eigenvalue weighted by Gasteiger charge is -2.29. The molecule has 0 aromatic heterocycles. The van der Waals surface area contributed by atoms with Crippen LogP contribution in [0.2, 0.25) is 0 Å². The molecule has 0 spiro atoms. The number of nitrogens with zero attached hydrogens (tertiary/aromatic N) is 1. The van der Waals surface area contributed by atoms with E-state index in [1.54, 1.807) is 0 Å². The van der Waals surface area contributed by atoms with Gasteiger partial charge in [0.25, 0.3) is 0 Å². The second-order valence-electron chi connectivity index (χ2n) is 5.60. The first-order valence-electron chi connectivity index (χ1n) is 6.96. The van der Waals surface area contributed by atoms with Gasteiger partial charge >= 0.3 is 5.97 Å². The van der Waals surface area contributed by atoms with Crippen LogP contribution < -0.4 is 5.32 Å². The Morgan fingerprint density at radius 1 is 1.11 bits per heavy atom. The molecular formula is C14H30N2O2. The van der Waals surface area contributed by atoms with Gasteiger partial charge in [0.1, 0.15) is 6.04 Å². The van der Waals surface area contributed by atoms with Gasteiger partial charge in [-0.2, -0.15) is 0 Å². The number of hydrogen-bond donors (Lipinski definition) is 1. The highest BCUT2D eigenvalue weighted by molar-refractivity contribution is 5.76. The summed E-state index contributed by atoms with van der Waals surface area (Å²) in [6.45, 7) is 13.8. The SMILES string of the molecule is CCOC(=O)C(CN(CC(C)C)CC(C)C)NC. The van der Waals surface area contributed by atoms with Crippen molar-refractivity contribution in [2.75, 3.05) is 33.3 Å². The smallest absolute Gasteiger partial charge is 0.324 e. The van der Waals surface area contributed by atoms with Gasteiger partial charge in [0.2, 0.25) is 0 Å². The van der Waals surface area contributed by atoms with Crippen molar-refractivity contribution in [3.63, 3.8) is 0 Å². The summed E-state index contributed by atoms with van der Waals surface area (Å²) in [4.78, 5) is 14.1. The topological polar surface area (TPSA) is 41.6 Å². The van der Waals surface area contributed by atoms with Crippen molar-refractivity contribution >= 4 is 5.97 Å². The highest BCUT2D eigenvalue weighted by atomic mass is 16.5. The number of hydrogen-bond acceptors (Lipinski definition) is 4. The van der Waals surface area contributed by atoms with Crippen molar-refractivity contribution in [3.8, 4) is 0 Å². The maximum atomic E-state index is 11.8. The molecule has 1 unspecified atom stereocenters. The standard InChI is InChI=1S/C14H30N2O2/c1-7-18-14(17)13(15-6)10-16(8-11(2)3)9-12(4)5/h11-13,15H,7-10H2,1-6H3. The number of ether oxygens (including phenoxy) is 1. The molecule has 4 heteroatoms. The summed E-state index contributed by atoms with van der Waals surface area (Å²) in [5.41, 5.74) is 0. The molecule has 0 bridgehead atoms. The molecule has 108 valence electrons. The fraction of sp³-hybridized carbons (Fsp3) is 0.929. The molecule has 0 amide bonds. The summed E-state index contributed by atoms with van der Waals surface area (Å²) in [6, 6.07) is -0.234. The molecule has 0 aliphatic heterocycles. The van der Waals surface area contributed by atoms with E-state index in [1.165, 1.54) is 0 Å². The van der Waals surface area contributed by atoms with Gasteiger partial charge in [0, 0.05) is 19.6 Å². The molecule has 1 N–H and O–H groups in total. The lowest BCUT2D eigenvalue weighted by atomic mass is 10.1. The average molecular weight is 258 g/mol. The van der Waals surface area contributed by atoms with Crippen LogP contribution in [-0.2, 0) is 9.53 Å². The van der Waals surface area contributed by atoms with E-state index >= 15 is 0 Å². The van der Waals surface area contributed by atoms with Gasteiger partial charge in [-0.3, -0.25) is 4.79 Å². The monoisotopic (exact) mass is 258 g/mol. The Balaban J connectivity index is 4.45. The van der Waals surface area contributed by atoms with Crippen LogP contribution in [-0.4, -0.2) is 50.2 Å². The van der Waals surface area contributed by atoms with Gasteiger partial charge in [-0.25, -0.2) is 0 Å². The van der Waals surface area contributed by atoms with Gasteiger partial charge < -0.3 is 15.0 Å². The predicted octanol–water partition coefficient (Wildman–Crippen LogP) is 1.75. The lowest BCUT2D eigenvalue weighted by molar-refractivity contribution is -0.146. The Bertz CT molecular complexity index is 220. The fourth-order valence-electron chi connectivity index (χ4n) is 2.04. The van der Waals surface area contributed by atoms with Crippen molar-refractivity contribution in [1.29, 1.82) is 0 Å². The molecule has 0 heterocycles. The number of nitrogens with one attached hydrogen (secondary N) is 1. The van der Waals surface area contributed by atoms with E-state index in [0.29, 0.717) is 25.0 Å². The second kappa shape index (κ2) is 9.34. The van der Waals surface area contributed by atoms with Gasteiger partial charge in [-0.15, -0.1) is 0 Å². The molecule has 4 nitrogen and oxygen atoms in total. The number of likely N-dealkylation sites (N-methyl/N-ethyl adjacent to an activating group) is 1. The van der Waals surface area contributed by atoms with E-state index in [0.717, 1.165) is 13.1 Å². The molecular weight excluding hydrogens is 228 g/mol. The minimum absolute atomic E-state index is 0.155. The van der Waals surface area contributed by atoms with E-state index in [-0.39, 0.29) is 12.0 Å². The fourth-order valence-corrected chi connectivity index (χ4v) is 2.04. The van der Waals surface area contributed by atoms with Crippen LogP contribution in [0.1, 0.15) is 34.6 Å². The molecule has 0 rings (SSSR count). The quantitative estimate of drug-likeness (QED) is 0.640. The Hall–Kier alpha value is -0.610. The van der Waals surface area contributed by atoms with Crippen LogP contribution in [0.3, 0.4) is 0 Å². The van der Waals surface area contributed by atoms with E-state index < -0.39 is 0 Å². The summed E-state index contributed by atoms with van der Waals surface area (Å²) >= 11 is 0. The van der Waals surface area contributed by atoms with Crippen LogP contribution in [0.25, 0.3) is 0 Å². The Morgan fingerprint density at radius 2 is 1.61 bits per heavy atom. The van der Waals surface area contributed by atoms with Crippen molar-refractivity contribution < 1.29 is 9.53 Å². The van der Waals surface area contributed by atoms with Crippen molar-refractivity contribution in [3.05, 3.63) is 0 Å². The van der Waals surface area contributed by atoms with E-state index in [1.807, 2.05) is 14.0 Å². The Morgan fingerprint density at radius 3 is 1.94 bits per heavy atom. The van der Waals surface area contributed by atoms with Crippen molar-refractivity contribution in [2.24, 2.45) is 11.8 Å². The first kappa shape index (κ1) is 17.4. The molecule has 0 aromatic carbocycles. The summed E-state index contributed by atoms with van der Waals surface area (Å²) < 4.78 is 5.08. The summed E-state index contributed by atoms with van der Waals surface area (Å²) in [5, 5.41) is 3.05. The zero-order valence-corrected chi connectivity index (χ0v) is 12.8. The Kier molecular flexibility index (Phi) is 9.02. The number of carbonyl (C=O) groups is 1. The minimum atomic E-state index is -0.234. The Labute approximate surface area is 112 Å². The number of carbonyl (C=O) groups excluding carboxylic acids is 1. The molecule has 0 aliphatic carbocycles. The highest BCUT2D eigenvalue weighted by Crippen LogP contribution is 2.05. The van der Waals surface area contributed by atoms with E-state index in [2.05, 4.69) is 37.9 Å². The average Bonchev–Trinajstić information content (AvgIpc) is 2.24.